The van der Waals surface area contributed by atoms with Gasteiger partial charge in [0.15, 0.2) is 0 Å². The number of nitrogens with one attached hydrogen (secondary N) is 2. The third-order valence-electron chi connectivity index (χ3n) is 4.35. The molecule has 2 N–H and O–H groups in total. The Bertz CT molecular complexity index is 662. The van der Waals surface area contributed by atoms with Gasteiger partial charge in [0.25, 0.3) is 0 Å². The van der Waals surface area contributed by atoms with Crippen LogP contribution >= 0.6 is 0 Å². The van der Waals surface area contributed by atoms with E-state index < -0.39 is 0 Å². The molecule has 1 unspecified atom stereocenters. The van der Waals surface area contributed by atoms with Crippen molar-refractivity contribution in [2.24, 2.45) is 0 Å². The van der Waals surface area contributed by atoms with Gasteiger partial charge in [-0.15, -0.1) is 0 Å². The maximum absolute atomic E-state index is 12.3. The highest BCUT2D eigenvalue weighted by atomic mass is 16.3. The van der Waals surface area contributed by atoms with Gasteiger partial charge >= 0.3 is 6.03 Å². The van der Waals surface area contributed by atoms with Crippen LogP contribution in [-0.4, -0.2) is 12.6 Å². The molecule has 1 atom stereocenters. The zero-order valence-corrected chi connectivity index (χ0v) is 13.8. The average Bonchev–Trinajstić information content (AvgIpc) is 3.16. The van der Waals surface area contributed by atoms with Crippen molar-refractivity contribution in [3.8, 4) is 0 Å². The lowest BCUT2D eigenvalue weighted by Crippen LogP contribution is -2.38. The minimum Gasteiger partial charge on any atom is -0.467 e. The molecule has 1 aromatic carbocycles. The van der Waals surface area contributed by atoms with E-state index in [4.69, 9.17) is 4.42 Å². The van der Waals surface area contributed by atoms with Crippen LogP contribution in [0.4, 0.5) is 4.79 Å². The van der Waals surface area contributed by atoms with Crippen molar-refractivity contribution in [1.82, 2.24) is 10.6 Å². The summed E-state index contributed by atoms with van der Waals surface area (Å²) in [4.78, 5) is 12.3. The molecule has 1 aromatic heterocycles. The summed E-state index contributed by atoms with van der Waals surface area (Å²) in [6.45, 7) is 0.664. The summed E-state index contributed by atoms with van der Waals surface area (Å²) in [5, 5.41) is 5.97. The second-order valence-electron chi connectivity index (χ2n) is 6.12. The second kappa shape index (κ2) is 8.39. The molecule has 1 aliphatic rings. The van der Waals surface area contributed by atoms with E-state index in [1.165, 1.54) is 31.3 Å². The summed E-state index contributed by atoms with van der Waals surface area (Å²) in [5.41, 5.74) is 2.46. The first-order chi connectivity index (χ1) is 11.8. The van der Waals surface area contributed by atoms with Gasteiger partial charge in [0, 0.05) is 6.54 Å². The third kappa shape index (κ3) is 4.51. The van der Waals surface area contributed by atoms with Gasteiger partial charge in [0.1, 0.15) is 11.8 Å². The van der Waals surface area contributed by atoms with E-state index in [1.807, 2.05) is 42.5 Å². The summed E-state index contributed by atoms with van der Waals surface area (Å²) >= 11 is 0. The molecular formula is C20H24N2O2. The number of amides is 2. The number of carbonyl (C=O) groups is 1. The molecule has 1 aliphatic carbocycles. The Labute approximate surface area is 142 Å². The largest absolute Gasteiger partial charge is 0.467 e. The number of hydrogen-bond donors (Lipinski definition) is 2. The monoisotopic (exact) mass is 324 g/mol. The van der Waals surface area contributed by atoms with E-state index in [9.17, 15) is 4.79 Å². The smallest absolute Gasteiger partial charge is 0.315 e. The Balaban J connectivity index is 1.56. The highest BCUT2D eigenvalue weighted by Gasteiger charge is 2.19. The summed E-state index contributed by atoms with van der Waals surface area (Å²) in [6.07, 6.45) is 9.79. The molecule has 3 rings (SSSR count). The molecule has 2 aromatic rings. The Morgan fingerprint density at radius 3 is 2.71 bits per heavy atom. The van der Waals surface area contributed by atoms with Crippen LogP contribution in [0.1, 0.15) is 49.5 Å². The van der Waals surface area contributed by atoms with E-state index in [-0.39, 0.29) is 12.1 Å². The summed E-state index contributed by atoms with van der Waals surface area (Å²) in [7, 11) is 0. The van der Waals surface area contributed by atoms with Crippen molar-refractivity contribution in [2.75, 3.05) is 6.54 Å². The third-order valence-corrected chi connectivity index (χ3v) is 4.35. The van der Waals surface area contributed by atoms with Gasteiger partial charge < -0.3 is 15.1 Å². The van der Waals surface area contributed by atoms with E-state index in [2.05, 4.69) is 16.7 Å². The number of furan rings is 1. The highest BCUT2D eigenvalue weighted by Crippen LogP contribution is 2.22. The summed E-state index contributed by atoms with van der Waals surface area (Å²) in [6, 6.07) is 13.1. The molecule has 4 nitrogen and oxygen atoms in total. The Morgan fingerprint density at radius 2 is 2.00 bits per heavy atom. The molecule has 0 aliphatic heterocycles. The summed E-state index contributed by atoms with van der Waals surface area (Å²) < 4.78 is 5.50. The Morgan fingerprint density at radius 1 is 1.12 bits per heavy atom. The molecule has 0 bridgehead atoms. The van der Waals surface area contributed by atoms with E-state index in [0.29, 0.717) is 6.54 Å². The molecule has 0 spiro atoms. The lowest BCUT2D eigenvalue weighted by molar-refractivity contribution is 0.237. The molecular weight excluding hydrogens is 300 g/mol. The van der Waals surface area contributed by atoms with E-state index in [1.54, 1.807) is 6.26 Å². The topological polar surface area (TPSA) is 54.3 Å². The van der Waals surface area contributed by atoms with Gasteiger partial charge in [0.2, 0.25) is 0 Å². The number of allylic oxidation sites excluding steroid dienone is 1. The van der Waals surface area contributed by atoms with Gasteiger partial charge in [-0.3, -0.25) is 0 Å². The second-order valence-corrected chi connectivity index (χ2v) is 6.12. The number of rotatable bonds is 6. The van der Waals surface area contributed by atoms with Crippen LogP contribution in [0, 0.1) is 0 Å². The number of urea groups is 1. The number of carbonyl (C=O) groups excluding carboxylic acids is 1. The van der Waals surface area contributed by atoms with Crippen molar-refractivity contribution in [2.45, 2.75) is 38.1 Å². The molecule has 2 amide bonds. The predicted octanol–water partition coefficient (Wildman–Crippen LogP) is 4.56. The maximum atomic E-state index is 12.3. The average molecular weight is 324 g/mol. The fraction of sp³-hybridized carbons (Fsp3) is 0.350. The van der Waals surface area contributed by atoms with Crippen LogP contribution in [0.5, 0.6) is 0 Å². The van der Waals surface area contributed by atoms with E-state index in [0.717, 1.165) is 17.7 Å². The first-order valence-electron chi connectivity index (χ1n) is 8.63. The molecule has 4 heteroatoms. The van der Waals surface area contributed by atoms with Gasteiger partial charge in [-0.05, 0) is 49.8 Å². The molecule has 0 saturated heterocycles. The van der Waals surface area contributed by atoms with Crippen LogP contribution in [0.15, 0.2) is 64.8 Å². The van der Waals surface area contributed by atoms with Crippen molar-refractivity contribution in [1.29, 1.82) is 0 Å². The van der Waals surface area contributed by atoms with Crippen LogP contribution in [0.25, 0.3) is 0 Å². The first-order valence-corrected chi connectivity index (χ1v) is 8.63. The van der Waals surface area contributed by atoms with Gasteiger partial charge in [-0.25, -0.2) is 4.79 Å². The van der Waals surface area contributed by atoms with Gasteiger partial charge in [-0.2, -0.15) is 0 Å². The Kier molecular flexibility index (Phi) is 5.72. The summed E-state index contributed by atoms with van der Waals surface area (Å²) in [5.74, 6) is 0.728. The van der Waals surface area contributed by atoms with E-state index >= 15 is 0 Å². The minimum atomic E-state index is -0.282. The zero-order chi connectivity index (χ0) is 16.6. The van der Waals surface area contributed by atoms with Crippen LogP contribution in [0.2, 0.25) is 0 Å². The molecule has 0 fully saturated rings. The predicted molar refractivity (Wildman–Crippen MR) is 94.7 cm³/mol. The van der Waals surface area contributed by atoms with Gasteiger partial charge in [-0.1, -0.05) is 42.0 Å². The molecule has 126 valence electrons. The fourth-order valence-electron chi connectivity index (χ4n) is 3.07. The normalized spacial score (nSPS) is 15.4. The first kappa shape index (κ1) is 16.4. The van der Waals surface area contributed by atoms with Crippen LogP contribution in [0.3, 0.4) is 0 Å². The molecule has 24 heavy (non-hydrogen) atoms. The quantitative estimate of drug-likeness (QED) is 0.765. The molecule has 0 radical (unpaired) electrons. The zero-order valence-electron chi connectivity index (χ0n) is 13.8. The van der Waals surface area contributed by atoms with Gasteiger partial charge in [0.05, 0.1) is 6.26 Å². The molecule has 1 heterocycles. The SMILES string of the molecule is O=C(NCCC1=CCCCC1)NC(c1ccccc1)c1ccco1. The van der Waals surface area contributed by atoms with Crippen LogP contribution in [-0.2, 0) is 0 Å². The van der Waals surface area contributed by atoms with Crippen LogP contribution < -0.4 is 10.6 Å². The van der Waals surface area contributed by atoms with Crippen molar-refractivity contribution >= 4 is 6.03 Å². The lowest BCUT2D eigenvalue weighted by Gasteiger charge is -2.18. The maximum Gasteiger partial charge on any atom is 0.315 e. The Hall–Kier alpha value is -2.49. The van der Waals surface area contributed by atoms with Crippen molar-refractivity contribution in [3.05, 3.63) is 71.7 Å². The van der Waals surface area contributed by atoms with Crippen molar-refractivity contribution < 1.29 is 9.21 Å². The standard InChI is InChI=1S/C20H24N2O2/c23-20(21-14-13-16-8-3-1-4-9-16)22-19(18-12-7-15-24-18)17-10-5-2-6-11-17/h2,5-8,10-12,15,19H,1,3-4,9,13-14H2,(H2,21,22,23). The highest BCUT2D eigenvalue weighted by molar-refractivity contribution is 5.74. The lowest BCUT2D eigenvalue weighted by atomic mass is 9.97. The molecule has 0 saturated carbocycles. The fourth-order valence-corrected chi connectivity index (χ4v) is 3.07. The number of hydrogen-bond acceptors (Lipinski definition) is 2. The van der Waals surface area contributed by atoms with Crippen molar-refractivity contribution in [3.63, 3.8) is 0 Å². The minimum absolute atomic E-state index is 0.170. The number of benzene rings is 1.